The molecule has 0 spiro atoms. The summed E-state index contributed by atoms with van der Waals surface area (Å²) in [6.45, 7) is 1.54. The van der Waals surface area contributed by atoms with E-state index in [0.29, 0.717) is 0 Å². The zero-order valence-electron chi connectivity index (χ0n) is 8.49. The van der Waals surface area contributed by atoms with Crippen molar-refractivity contribution < 1.29 is 13.6 Å². The average molecular weight is 206 g/mol. The van der Waals surface area contributed by atoms with E-state index in [0.717, 1.165) is 12.8 Å². The summed E-state index contributed by atoms with van der Waals surface area (Å²) in [7, 11) is -1.32. The molecule has 4 heteroatoms. The van der Waals surface area contributed by atoms with Gasteiger partial charge in [0, 0.05) is 13.8 Å². The van der Waals surface area contributed by atoms with Crippen LogP contribution in [0.3, 0.4) is 0 Å². The van der Waals surface area contributed by atoms with Crippen LogP contribution >= 0.6 is 7.60 Å². The van der Waals surface area contributed by atoms with Crippen molar-refractivity contribution in [3.05, 3.63) is 0 Å². The Labute approximate surface area is 80.3 Å². The Balaban J connectivity index is 2.38. The summed E-state index contributed by atoms with van der Waals surface area (Å²) < 4.78 is 21.8. The average Bonchev–Trinajstić information content (AvgIpc) is 2.32. The first-order valence-corrected chi connectivity index (χ1v) is 6.95. The number of hydrogen-bond donors (Lipinski definition) is 0. The minimum Gasteiger partial charge on any atom is -0.312 e. The standard InChI is InChI=1S/C9H19O3P/c1-11-13(2,10)12-9-7-5-3-4-6-8-9/h9H,3-8H2,1-2H3. The minimum atomic E-state index is -2.76. The first kappa shape index (κ1) is 11.2. The molecule has 78 valence electrons. The molecule has 0 aromatic carbocycles. The van der Waals surface area contributed by atoms with Crippen molar-refractivity contribution in [1.29, 1.82) is 0 Å². The smallest absolute Gasteiger partial charge is 0.312 e. The van der Waals surface area contributed by atoms with E-state index < -0.39 is 7.60 Å². The van der Waals surface area contributed by atoms with E-state index in [2.05, 4.69) is 0 Å². The fourth-order valence-electron chi connectivity index (χ4n) is 1.66. The van der Waals surface area contributed by atoms with Crippen LogP contribution in [0.1, 0.15) is 38.5 Å². The van der Waals surface area contributed by atoms with Crippen molar-refractivity contribution in [3.8, 4) is 0 Å². The topological polar surface area (TPSA) is 35.5 Å². The van der Waals surface area contributed by atoms with Gasteiger partial charge in [-0.1, -0.05) is 25.7 Å². The molecule has 1 aliphatic carbocycles. The maximum absolute atomic E-state index is 11.5. The highest BCUT2D eigenvalue weighted by atomic mass is 31.2. The Kier molecular flexibility index (Phi) is 4.43. The Morgan fingerprint density at radius 2 is 1.69 bits per heavy atom. The van der Waals surface area contributed by atoms with E-state index >= 15 is 0 Å². The van der Waals surface area contributed by atoms with Crippen molar-refractivity contribution in [1.82, 2.24) is 0 Å². The molecule has 0 amide bonds. The van der Waals surface area contributed by atoms with Crippen LogP contribution in [-0.2, 0) is 13.6 Å². The summed E-state index contributed by atoms with van der Waals surface area (Å²) in [6.07, 6.45) is 7.14. The van der Waals surface area contributed by atoms with Crippen molar-refractivity contribution in [2.24, 2.45) is 0 Å². The zero-order chi connectivity index (χ0) is 9.73. The van der Waals surface area contributed by atoms with Gasteiger partial charge >= 0.3 is 7.60 Å². The van der Waals surface area contributed by atoms with Crippen LogP contribution in [0.15, 0.2) is 0 Å². The zero-order valence-corrected chi connectivity index (χ0v) is 9.39. The Morgan fingerprint density at radius 1 is 1.15 bits per heavy atom. The molecule has 1 saturated carbocycles. The van der Waals surface area contributed by atoms with Crippen LogP contribution in [0, 0.1) is 0 Å². The molecule has 1 atom stereocenters. The molecule has 0 heterocycles. The van der Waals surface area contributed by atoms with Gasteiger partial charge in [0.1, 0.15) is 0 Å². The van der Waals surface area contributed by atoms with E-state index in [1.165, 1.54) is 39.5 Å². The molecule has 0 radical (unpaired) electrons. The SMILES string of the molecule is COP(C)(=O)OC1CCCCCC1. The highest BCUT2D eigenvalue weighted by Crippen LogP contribution is 2.45. The monoisotopic (exact) mass is 206 g/mol. The lowest BCUT2D eigenvalue weighted by atomic mass is 10.2. The third kappa shape index (κ3) is 4.26. The maximum atomic E-state index is 11.5. The molecule has 0 bridgehead atoms. The van der Waals surface area contributed by atoms with Gasteiger partial charge in [0.05, 0.1) is 6.10 Å². The third-order valence-electron chi connectivity index (χ3n) is 2.47. The van der Waals surface area contributed by atoms with Crippen molar-refractivity contribution in [2.75, 3.05) is 13.8 Å². The fraction of sp³-hybridized carbons (Fsp3) is 1.00. The summed E-state index contributed by atoms with van der Waals surface area (Å²) in [6, 6.07) is 0. The summed E-state index contributed by atoms with van der Waals surface area (Å²) in [5.74, 6) is 0. The molecule has 1 fully saturated rings. The number of rotatable bonds is 3. The highest BCUT2D eigenvalue weighted by molar-refractivity contribution is 7.52. The normalized spacial score (nSPS) is 25.1. The van der Waals surface area contributed by atoms with Crippen LogP contribution < -0.4 is 0 Å². The van der Waals surface area contributed by atoms with Gasteiger partial charge < -0.3 is 9.05 Å². The van der Waals surface area contributed by atoms with Gasteiger partial charge in [0.15, 0.2) is 0 Å². The first-order chi connectivity index (χ1) is 6.14. The molecule has 1 aliphatic rings. The first-order valence-electron chi connectivity index (χ1n) is 4.96. The van der Waals surface area contributed by atoms with E-state index in [9.17, 15) is 4.57 Å². The predicted molar refractivity (Wildman–Crippen MR) is 53.1 cm³/mol. The van der Waals surface area contributed by atoms with Crippen LogP contribution in [0.2, 0.25) is 0 Å². The second-order valence-corrected chi connectivity index (χ2v) is 5.79. The highest BCUT2D eigenvalue weighted by Gasteiger charge is 2.22. The molecular formula is C9H19O3P. The van der Waals surface area contributed by atoms with Crippen LogP contribution in [0.25, 0.3) is 0 Å². The summed E-state index contributed by atoms with van der Waals surface area (Å²) in [4.78, 5) is 0. The molecule has 1 rings (SSSR count). The molecule has 13 heavy (non-hydrogen) atoms. The van der Waals surface area contributed by atoms with Crippen LogP contribution in [-0.4, -0.2) is 19.9 Å². The molecule has 0 aliphatic heterocycles. The lowest BCUT2D eigenvalue weighted by Gasteiger charge is -2.19. The second kappa shape index (κ2) is 5.14. The van der Waals surface area contributed by atoms with Crippen molar-refractivity contribution >= 4 is 7.60 Å². The molecular weight excluding hydrogens is 187 g/mol. The van der Waals surface area contributed by atoms with E-state index in [1.807, 2.05) is 0 Å². The van der Waals surface area contributed by atoms with E-state index in [1.54, 1.807) is 0 Å². The summed E-state index contributed by atoms with van der Waals surface area (Å²) in [5, 5.41) is 0. The molecule has 0 saturated heterocycles. The van der Waals surface area contributed by atoms with Crippen molar-refractivity contribution in [3.63, 3.8) is 0 Å². The van der Waals surface area contributed by atoms with Gasteiger partial charge in [-0.2, -0.15) is 0 Å². The Bertz CT molecular complexity index is 185. The van der Waals surface area contributed by atoms with Gasteiger partial charge in [-0.3, -0.25) is 4.57 Å². The molecule has 0 N–H and O–H groups in total. The predicted octanol–water partition coefficient (Wildman–Crippen LogP) is 3.20. The molecule has 1 unspecified atom stereocenters. The van der Waals surface area contributed by atoms with Crippen LogP contribution in [0.4, 0.5) is 0 Å². The van der Waals surface area contributed by atoms with E-state index in [4.69, 9.17) is 9.05 Å². The van der Waals surface area contributed by atoms with Gasteiger partial charge in [0.25, 0.3) is 0 Å². The summed E-state index contributed by atoms with van der Waals surface area (Å²) in [5.41, 5.74) is 0. The minimum absolute atomic E-state index is 0.151. The number of hydrogen-bond acceptors (Lipinski definition) is 3. The largest absolute Gasteiger partial charge is 0.327 e. The Morgan fingerprint density at radius 3 is 2.15 bits per heavy atom. The van der Waals surface area contributed by atoms with Gasteiger partial charge in [0.2, 0.25) is 0 Å². The van der Waals surface area contributed by atoms with E-state index in [-0.39, 0.29) is 6.10 Å². The molecule has 0 aromatic rings. The maximum Gasteiger partial charge on any atom is 0.327 e. The quantitative estimate of drug-likeness (QED) is 0.525. The molecule has 3 nitrogen and oxygen atoms in total. The fourth-order valence-corrected chi connectivity index (χ4v) is 2.50. The summed E-state index contributed by atoms with van der Waals surface area (Å²) >= 11 is 0. The van der Waals surface area contributed by atoms with Gasteiger partial charge in [-0.25, -0.2) is 0 Å². The lowest BCUT2D eigenvalue weighted by Crippen LogP contribution is -2.10. The lowest BCUT2D eigenvalue weighted by molar-refractivity contribution is 0.150. The Hall–Kier alpha value is 0.150. The second-order valence-electron chi connectivity index (χ2n) is 3.67. The van der Waals surface area contributed by atoms with Gasteiger partial charge in [-0.15, -0.1) is 0 Å². The van der Waals surface area contributed by atoms with Gasteiger partial charge in [-0.05, 0) is 12.8 Å². The van der Waals surface area contributed by atoms with Crippen molar-refractivity contribution in [2.45, 2.75) is 44.6 Å². The van der Waals surface area contributed by atoms with Crippen LogP contribution in [0.5, 0.6) is 0 Å². The third-order valence-corrected chi connectivity index (χ3v) is 3.82. The molecule has 0 aromatic heterocycles.